The molecule has 2 aromatic heterocycles. The fourth-order valence-electron chi connectivity index (χ4n) is 3.06. The van der Waals surface area contributed by atoms with Crippen molar-refractivity contribution >= 4 is 17.2 Å². The van der Waals surface area contributed by atoms with Gasteiger partial charge in [-0.1, -0.05) is 24.3 Å². The lowest BCUT2D eigenvalue weighted by molar-refractivity contribution is -0.118. The van der Waals surface area contributed by atoms with Crippen LogP contribution in [0.5, 0.6) is 17.2 Å². The van der Waals surface area contributed by atoms with Gasteiger partial charge in [0.05, 0.1) is 12.3 Å². The molecule has 7 heteroatoms. The number of anilines is 1. The lowest BCUT2D eigenvalue weighted by atomic mass is 10.3. The molecule has 7 nitrogen and oxygen atoms in total. The number of amides is 1. The SMILES string of the molecule is CCOc1ccccc1OCC(=O)Nc1cccc(OCc2cn3ccccc3n2)c1. The van der Waals surface area contributed by atoms with Crippen molar-refractivity contribution in [1.82, 2.24) is 9.38 Å². The van der Waals surface area contributed by atoms with Crippen molar-refractivity contribution in [2.75, 3.05) is 18.5 Å². The van der Waals surface area contributed by atoms with E-state index in [1.165, 1.54) is 0 Å². The van der Waals surface area contributed by atoms with Gasteiger partial charge in [0.2, 0.25) is 0 Å². The summed E-state index contributed by atoms with van der Waals surface area (Å²) in [6.07, 6.45) is 3.87. The predicted octanol–water partition coefficient (Wildman–Crippen LogP) is 4.33. The Balaban J connectivity index is 1.32. The third-order valence-electron chi connectivity index (χ3n) is 4.43. The fraction of sp³-hybridized carbons (Fsp3) is 0.167. The number of ether oxygens (including phenoxy) is 3. The highest BCUT2D eigenvalue weighted by molar-refractivity contribution is 5.92. The summed E-state index contributed by atoms with van der Waals surface area (Å²) in [5.41, 5.74) is 2.31. The molecule has 0 aliphatic carbocycles. The van der Waals surface area contributed by atoms with E-state index in [1.54, 1.807) is 24.3 Å². The van der Waals surface area contributed by atoms with Crippen molar-refractivity contribution in [3.05, 3.63) is 84.8 Å². The monoisotopic (exact) mass is 417 g/mol. The Kier molecular flexibility index (Phi) is 6.32. The molecular formula is C24H23N3O4. The number of hydrogen-bond donors (Lipinski definition) is 1. The third kappa shape index (κ3) is 5.33. The van der Waals surface area contributed by atoms with Crippen LogP contribution >= 0.6 is 0 Å². The first-order chi connectivity index (χ1) is 15.2. The van der Waals surface area contributed by atoms with Gasteiger partial charge >= 0.3 is 0 Å². The van der Waals surface area contributed by atoms with E-state index in [-0.39, 0.29) is 12.5 Å². The molecule has 0 fully saturated rings. The van der Waals surface area contributed by atoms with E-state index in [0.29, 0.717) is 36.1 Å². The maximum Gasteiger partial charge on any atom is 0.262 e. The molecule has 0 aliphatic heterocycles. The topological polar surface area (TPSA) is 74.1 Å². The van der Waals surface area contributed by atoms with Crippen LogP contribution in [0.2, 0.25) is 0 Å². The van der Waals surface area contributed by atoms with Crippen LogP contribution in [-0.2, 0) is 11.4 Å². The fourth-order valence-corrected chi connectivity index (χ4v) is 3.06. The van der Waals surface area contributed by atoms with Gasteiger partial charge in [0.15, 0.2) is 18.1 Å². The molecule has 4 rings (SSSR count). The Morgan fingerprint density at radius 2 is 1.77 bits per heavy atom. The maximum absolute atomic E-state index is 12.3. The number of carbonyl (C=O) groups is 1. The van der Waals surface area contributed by atoms with E-state index in [1.807, 2.05) is 66.2 Å². The minimum Gasteiger partial charge on any atom is -0.490 e. The number of pyridine rings is 1. The van der Waals surface area contributed by atoms with Crippen molar-refractivity contribution in [3.63, 3.8) is 0 Å². The Morgan fingerprint density at radius 1 is 0.968 bits per heavy atom. The minimum absolute atomic E-state index is 0.129. The molecule has 31 heavy (non-hydrogen) atoms. The van der Waals surface area contributed by atoms with Crippen molar-refractivity contribution in [1.29, 1.82) is 0 Å². The normalized spacial score (nSPS) is 10.6. The second kappa shape index (κ2) is 9.67. The molecule has 0 bridgehead atoms. The molecule has 2 heterocycles. The van der Waals surface area contributed by atoms with E-state index in [4.69, 9.17) is 14.2 Å². The largest absolute Gasteiger partial charge is 0.490 e. The molecule has 0 saturated carbocycles. The van der Waals surface area contributed by atoms with Gasteiger partial charge < -0.3 is 23.9 Å². The van der Waals surface area contributed by atoms with Gasteiger partial charge in [0.1, 0.15) is 18.0 Å². The number of rotatable bonds is 9. The van der Waals surface area contributed by atoms with Crippen LogP contribution in [-0.4, -0.2) is 28.5 Å². The summed E-state index contributed by atoms with van der Waals surface area (Å²) in [6, 6.07) is 20.3. The average Bonchev–Trinajstić information content (AvgIpc) is 3.21. The highest BCUT2D eigenvalue weighted by atomic mass is 16.5. The van der Waals surface area contributed by atoms with Crippen LogP contribution in [0.4, 0.5) is 5.69 Å². The highest BCUT2D eigenvalue weighted by Gasteiger charge is 2.09. The van der Waals surface area contributed by atoms with Crippen LogP contribution in [0.1, 0.15) is 12.6 Å². The van der Waals surface area contributed by atoms with Gasteiger partial charge in [-0.2, -0.15) is 0 Å². The first-order valence-corrected chi connectivity index (χ1v) is 10.0. The van der Waals surface area contributed by atoms with Gasteiger partial charge in [-0.05, 0) is 43.3 Å². The molecule has 0 spiro atoms. The number of fused-ring (bicyclic) bond motifs is 1. The smallest absolute Gasteiger partial charge is 0.262 e. The molecule has 1 N–H and O–H groups in total. The summed E-state index contributed by atoms with van der Waals surface area (Å²) in [4.78, 5) is 16.8. The van der Waals surface area contributed by atoms with Crippen LogP contribution in [0, 0.1) is 0 Å². The number of nitrogens with one attached hydrogen (secondary N) is 1. The molecule has 0 aliphatic rings. The zero-order valence-electron chi connectivity index (χ0n) is 17.2. The number of carbonyl (C=O) groups excluding carboxylic acids is 1. The predicted molar refractivity (Wildman–Crippen MR) is 118 cm³/mol. The third-order valence-corrected chi connectivity index (χ3v) is 4.43. The van der Waals surface area contributed by atoms with Crippen LogP contribution in [0.3, 0.4) is 0 Å². The average molecular weight is 417 g/mol. The van der Waals surface area contributed by atoms with Crippen LogP contribution < -0.4 is 19.5 Å². The van der Waals surface area contributed by atoms with Crippen molar-refractivity contribution in [3.8, 4) is 17.2 Å². The van der Waals surface area contributed by atoms with Gasteiger partial charge in [-0.15, -0.1) is 0 Å². The molecule has 4 aromatic rings. The molecular weight excluding hydrogens is 394 g/mol. The molecule has 2 aromatic carbocycles. The number of nitrogens with zero attached hydrogens (tertiary/aromatic N) is 2. The second-order valence-electron chi connectivity index (χ2n) is 6.73. The van der Waals surface area contributed by atoms with Crippen LogP contribution in [0.25, 0.3) is 5.65 Å². The van der Waals surface area contributed by atoms with Crippen LogP contribution in [0.15, 0.2) is 79.1 Å². The second-order valence-corrected chi connectivity index (χ2v) is 6.73. The Labute approximate surface area is 180 Å². The van der Waals surface area contributed by atoms with Crippen molar-refractivity contribution in [2.45, 2.75) is 13.5 Å². The molecule has 0 radical (unpaired) electrons. The highest BCUT2D eigenvalue weighted by Crippen LogP contribution is 2.26. The van der Waals surface area contributed by atoms with E-state index >= 15 is 0 Å². The lowest BCUT2D eigenvalue weighted by Crippen LogP contribution is -2.20. The quantitative estimate of drug-likeness (QED) is 0.439. The van der Waals surface area contributed by atoms with Crippen molar-refractivity contribution < 1.29 is 19.0 Å². The van der Waals surface area contributed by atoms with Crippen molar-refractivity contribution in [2.24, 2.45) is 0 Å². The summed E-state index contributed by atoms with van der Waals surface area (Å²) in [5.74, 6) is 1.51. The number of imidazole rings is 1. The first-order valence-electron chi connectivity index (χ1n) is 10.0. The Bertz CT molecular complexity index is 1140. The summed E-state index contributed by atoms with van der Waals surface area (Å²) in [6.45, 7) is 2.62. The number of benzene rings is 2. The number of aromatic nitrogens is 2. The molecule has 1 amide bonds. The van der Waals surface area contributed by atoms with E-state index < -0.39 is 0 Å². The first kappa shape index (κ1) is 20.3. The van der Waals surface area contributed by atoms with Gasteiger partial charge in [0.25, 0.3) is 5.91 Å². The molecule has 0 saturated heterocycles. The van der Waals surface area contributed by atoms with Gasteiger partial charge in [0, 0.05) is 24.1 Å². The summed E-state index contributed by atoms with van der Waals surface area (Å²) in [5, 5.41) is 2.82. The Morgan fingerprint density at radius 3 is 2.58 bits per heavy atom. The summed E-state index contributed by atoms with van der Waals surface area (Å²) < 4.78 is 18.9. The zero-order chi connectivity index (χ0) is 21.5. The Hall–Kier alpha value is -4.00. The molecule has 0 unspecified atom stereocenters. The van der Waals surface area contributed by atoms with Gasteiger partial charge in [-0.25, -0.2) is 4.98 Å². The standard InChI is InChI=1S/C24H23N3O4/c1-2-29-21-10-3-4-11-22(21)31-17-24(28)26-18-8-7-9-20(14-18)30-16-19-15-27-13-6-5-12-23(27)25-19/h3-15H,2,16-17H2,1H3,(H,26,28). The minimum atomic E-state index is -0.274. The van der Waals surface area contributed by atoms with E-state index in [0.717, 1.165) is 11.3 Å². The van der Waals surface area contributed by atoms with E-state index in [2.05, 4.69) is 10.3 Å². The zero-order valence-corrected chi connectivity index (χ0v) is 17.2. The van der Waals surface area contributed by atoms with E-state index in [9.17, 15) is 4.79 Å². The summed E-state index contributed by atoms with van der Waals surface area (Å²) in [7, 11) is 0. The number of para-hydroxylation sites is 2. The molecule has 158 valence electrons. The number of hydrogen-bond acceptors (Lipinski definition) is 5. The molecule has 0 atom stereocenters. The summed E-state index contributed by atoms with van der Waals surface area (Å²) >= 11 is 0. The lowest BCUT2D eigenvalue weighted by Gasteiger charge is -2.12. The van der Waals surface area contributed by atoms with Gasteiger partial charge in [-0.3, -0.25) is 4.79 Å². The maximum atomic E-state index is 12.3.